The van der Waals surface area contributed by atoms with Crippen molar-refractivity contribution in [3.63, 3.8) is 0 Å². The van der Waals surface area contributed by atoms with E-state index in [9.17, 15) is 0 Å². The molecule has 3 rings (SSSR count). The van der Waals surface area contributed by atoms with Crippen molar-refractivity contribution in [1.29, 1.82) is 0 Å². The van der Waals surface area contributed by atoms with Crippen molar-refractivity contribution < 1.29 is 0 Å². The van der Waals surface area contributed by atoms with E-state index in [1.807, 2.05) is 45.9 Å². The first-order valence-corrected chi connectivity index (χ1v) is 7.53. The molecule has 0 aliphatic carbocycles. The molecular formula is C16H20N6. The van der Waals surface area contributed by atoms with Gasteiger partial charge in [-0.05, 0) is 37.6 Å². The van der Waals surface area contributed by atoms with Crippen molar-refractivity contribution in [2.45, 2.75) is 26.4 Å². The zero-order chi connectivity index (χ0) is 15.2. The standard InChI is InChI=1S/C16H20N6/c1-2-21-16(18-13-20-21)11-17-9-8-14-10-19-22(12-14)15-6-4-3-5-7-15/h3-7,10,12-13,17H,2,8-9,11H2,1H3. The summed E-state index contributed by atoms with van der Waals surface area (Å²) in [7, 11) is 0. The lowest BCUT2D eigenvalue weighted by atomic mass is 10.2. The molecule has 0 spiro atoms. The van der Waals surface area contributed by atoms with Gasteiger partial charge in [-0.2, -0.15) is 10.2 Å². The second-order valence-electron chi connectivity index (χ2n) is 5.05. The van der Waals surface area contributed by atoms with E-state index in [1.165, 1.54) is 5.56 Å². The highest BCUT2D eigenvalue weighted by Crippen LogP contribution is 2.07. The zero-order valence-electron chi connectivity index (χ0n) is 12.7. The van der Waals surface area contributed by atoms with Gasteiger partial charge in [-0.25, -0.2) is 14.3 Å². The summed E-state index contributed by atoms with van der Waals surface area (Å²) in [5.74, 6) is 0.975. The smallest absolute Gasteiger partial charge is 0.140 e. The minimum atomic E-state index is 0.737. The molecule has 0 radical (unpaired) electrons. The van der Waals surface area contributed by atoms with Crippen LogP contribution in [0.1, 0.15) is 18.3 Å². The summed E-state index contributed by atoms with van der Waals surface area (Å²) in [6.45, 7) is 4.54. The van der Waals surface area contributed by atoms with Crippen LogP contribution in [0.2, 0.25) is 0 Å². The summed E-state index contributed by atoms with van der Waals surface area (Å²) in [4.78, 5) is 4.25. The first-order chi connectivity index (χ1) is 10.9. The number of hydrogen-bond acceptors (Lipinski definition) is 4. The largest absolute Gasteiger partial charge is 0.310 e. The molecule has 2 heterocycles. The van der Waals surface area contributed by atoms with Crippen LogP contribution >= 0.6 is 0 Å². The number of benzene rings is 1. The van der Waals surface area contributed by atoms with Crippen LogP contribution in [0.4, 0.5) is 0 Å². The van der Waals surface area contributed by atoms with Crippen LogP contribution in [0.5, 0.6) is 0 Å². The summed E-state index contributed by atoms with van der Waals surface area (Å²) in [6, 6.07) is 10.1. The fourth-order valence-electron chi connectivity index (χ4n) is 2.33. The topological polar surface area (TPSA) is 60.6 Å². The van der Waals surface area contributed by atoms with Crippen molar-refractivity contribution in [2.75, 3.05) is 6.54 Å². The molecule has 0 aliphatic rings. The van der Waals surface area contributed by atoms with Gasteiger partial charge in [0.1, 0.15) is 12.2 Å². The first kappa shape index (κ1) is 14.5. The number of nitrogens with zero attached hydrogens (tertiary/aromatic N) is 5. The molecule has 0 unspecified atom stereocenters. The highest BCUT2D eigenvalue weighted by Gasteiger charge is 2.03. The van der Waals surface area contributed by atoms with E-state index in [1.54, 1.807) is 6.33 Å². The van der Waals surface area contributed by atoms with E-state index in [4.69, 9.17) is 0 Å². The third kappa shape index (κ3) is 3.40. The Kier molecular flexibility index (Phi) is 4.60. The summed E-state index contributed by atoms with van der Waals surface area (Å²) < 4.78 is 3.81. The highest BCUT2D eigenvalue weighted by atomic mass is 15.3. The summed E-state index contributed by atoms with van der Waals surface area (Å²) in [6.07, 6.45) is 6.53. The van der Waals surface area contributed by atoms with Crippen LogP contribution in [0.25, 0.3) is 5.69 Å². The minimum Gasteiger partial charge on any atom is -0.310 e. The predicted octanol–water partition coefficient (Wildman–Crippen LogP) is 1.82. The Morgan fingerprint density at radius 2 is 2.00 bits per heavy atom. The fraction of sp³-hybridized carbons (Fsp3) is 0.312. The van der Waals surface area contributed by atoms with Crippen molar-refractivity contribution in [3.8, 4) is 5.69 Å². The molecule has 22 heavy (non-hydrogen) atoms. The summed E-state index contributed by atoms with van der Waals surface area (Å²) >= 11 is 0. The SMILES string of the molecule is CCn1ncnc1CNCCc1cnn(-c2ccccc2)c1. The molecule has 6 nitrogen and oxygen atoms in total. The van der Waals surface area contributed by atoms with Crippen LogP contribution in [0.15, 0.2) is 49.1 Å². The highest BCUT2D eigenvalue weighted by molar-refractivity contribution is 5.30. The number of hydrogen-bond donors (Lipinski definition) is 1. The number of aryl methyl sites for hydroxylation is 1. The maximum atomic E-state index is 4.40. The molecule has 2 aromatic heterocycles. The second-order valence-corrected chi connectivity index (χ2v) is 5.05. The van der Waals surface area contributed by atoms with Gasteiger partial charge in [0.15, 0.2) is 0 Å². The maximum absolute atomic E-state index is 4.40. The average Bonchev–Trinajstić information content (AvgIpc) is 3.21. The first-order valence-electron chi connectivity index (χ1n) is 7.53. The van der Waals surface area contributed by atoms with Crippen molar-refractivity contribution in [2.24, 2.45) is 0 Å². The van der Waals surface area contributed by atoms with E-state index >= 15 is 0 Å². The van der Waals surface area contributed by atoms with Gasteiger partial charge in [-0.1, -0.05) is 18.2 Å². The molecule has 0 bridgehead atoms. The Labute approximate surface area is 129 Å². The molecule has 6 heteroatoms. The van der Waals surface area contributed by atoms with Crippen LogP contribution < -0.4 is 5.32 Å². The van der Waals surface area contributed by atoms with Crippen LogP contribution in [0, 0.1) is 0 Å². The van der Waals surface area contributed by atoms with Gasteiger partial charge in [0, 0.05) is 12.7 Å². The van der Waals surface area contributed by atoms with E-state index in [0.29, 0.717) is 0 Å². The lowest BCUT2D eigenvalue weighted by Gasteiger charge is -2.04. The molecule has 3 aromatic rings. The van der Waals surface area contributed by atoms with Gasteiger partial charge in [0.25, 0.3) is 0 Å². The van der Waals surface area contributed by atoms with E-state index in [0.717, 1.165) is 37.6 Å². The molecule has 0 amide bonds. The molecule has 0 saturated carbocycles. The Hall–Kier alpha value is -2.47. The van der Waals surface area contributed by atoms with E-state index in [2.05, 4.69) is 33.6 Å². The van der Waals surface area contributed by atoms with Crippen LogP contribution in [-0.4, -0.2) is 31.1 Å². The van der Waals surface area contributed by atoms with Crippen molar-refractivity contribution in [3.05, 3.63) is 60.4 Å². The quantitative estimate of drug-likeness (QED) is 0.676. The summed E-state index contributed by atoms with van der Waals surface area (Å²) in [5.41, 5.74) is 2.30. The molecule has 114 valence electrons. The van der Waals surface area contributed by atoms with Gasteiger partial charge in [-0.3, -0.25) is 0 Å². The molecule has 1 aromatic carbocycles. The molecular weight excluding hydrogens is 276 g/mol. The lowest BCUT2D eigenvalue weighted by molar-refractivity contribution is 0.573. The zero-order valence-corrected chi connectivity index (χ0v) is 12.7. The van der Waals surface area contributed by atoms with Gasteiger partial charge in [0.05, 0.1) is 18.4 Å². The number of para-hydroxylation sites is 1. The fourth-order valence-corrected chi connectivity index (χ4v) is 2.33. The molecule has 0 fully saturated rings. The Bertz CT molecular complexity index is 700. The number of rotatable bonds is 7. The van der Waals surface area contributed by atoms with E-state index in [-0.39, 0.29) is 0 Å². The monoisotopic (exact) mass is 296 g/mol. The van der Waals surface area contributed by atoms with Gasteiger partial charge in [0.2, 0.25) is 0 Å². The lowest BCUT2D eigenvalue weighted by Crippen LogP contribution is -2.19. The Morgan fingerprint density at radius 3 is 2.82 bits per heavy atom. The third-order valence-electron chi connectivity index (χ3n) is 3.53. The maximum Gasteiger partial charge on any atom is 0.140 e. The predicted molar refractivity (Wildman–Crippen MR) is 84.7 cm³/mol. The molecule has 0 atom stereocenters. The van der Waals surface area contributed by atoms with Crippen molar-refractivity contribution in [1.82, 2.24) is 29.9 Å². The van der Waals surface area contributed by atoms with Crippen molar-refractivity contribution >= 4 is 0 Å². The number of aromatic nitrogens is 5. The van der Waals surface area contributed by atoms with E-state index < -0.39 is 0 Å². The Morgan fingerprint density at radius 1 is 1.14 bits per heavy atom. The molecule has 1 N–H and O–H groups in total. The van der Waals surface area contributed by atoms with Crippen LogP contribution in [0.3, 0.4) is 0 Å². The summed E-state index contributed by atoms with van der Waals surface area (Å²) in [5, 5.41) is 12.0. The minimum absolute atomic E-state index is 0.737. The normalized spacial score (nSPS) is 11.0. The Balaban J connectivity index is 1.49. The van der Waals surface area contributed by atoms with Gasteiger partial charge in [-0.15, -0.1) is 0 Å². The van der Waals surface area contributed by atoms with Gasteiger partial charge < -0.3 is 5.32 Å². The molecule has 0 saturated heterocycles. The molecule has 0 aliphatic heterocycles. The third-order valence-corrected chi connectivity index (χ3v) is 3.53. The second kappa shape index (κ2) is 7.00. The number of nitrogens with one attached hydrogen (secondary N) is 1. The van der Waals surface area contributed by atoms with Crippen LogP contribution in [-0.2, 0) is 19.5 Å². The van der Waals surface area contributed by atoms with Gasteiger partial charge >= 0.3 is 0 Å². The average molecular weight is 296 g/mol.